The minimum absolute atomic E-state index is 0.0981. The molecular formula is C22H30N4O3. The highest BCUT2D eigenvalue weighted by Crippen LogP contribution is 2.33. The fourth-order valence-electron chi connectivity index (χ4n) is 4.94. The molecule has 1 fully saturated rings. The monoisotopic (exact) mass is 398 g/mol. The van der Waals surface area contributed by atoms with E-state index in [1.807, 2.05) is 6.07 Å². The molecular weight excluding hydrogens is 368 g/mol. The van der Waals surface area contributed by atoms with Crippen LogP contribution in [0.25, 0.3) is 0 Å². The maximum atomic E-state index is 13.1. The van der Waals surface area contributed by atoms with Gasteiger partial charge in [-0.25, -0.2) is 0 Å². The summed E-state index contributed by atoms with van der Waals surface area (Å²) in [4.78, 5) is 40.3. The molecule has 7 heteroatoms. The highest BCUT2D eigenvalue weighted by molar-refractivity contribution is 6.01. The standard InChI is InChI=1S/C22H30N4O3/c1-23-21(28)20(3-2-8-27)26-14-18-9-16-12-25(11-15-4-6-24-7-5-15)13-17(16)10-19(18)22(26)29/h8-10,15,20,24H,2-7,11-14H2,1H3,(H,23,28). The molecule has 1 atom stereocenters. The molecule has 1 aromatic rings. The predicted octanol–water partition coefficient (Wildman–Crippen LogP) is 1.05. The van der Waals surface area contributed by atoms with Crippen LogP contribution in [0, 0.1) is 5.92 Å². The SMILES string of the molecule is CNC(=O)C(CCC=O)N1Cc2cc3c(cc2C1=O)CN(CC1CCNCC1)C3. The van der Waals surface area contributed by atoms with Crippen LogP contribution < -0.4 is 10.6 Å². The van der Waals surface area contributed by atoms with Gasteiger partial charge >= 0.3 is 0 Å². The van der Waals surface area contributed by atoms with Gasteiger partial charge in [-0.1, -0.05) is 6.07 Å². The van der Waals surface area contributed by atoms with E-state index in [1.165, 1.54) is 24.0 Å². The van der Waals surface area contributed by atoms with Crippen LogP contribution in [0.15, 0.2) is 12.1 Å². The van der Waals surface area contributed by atoms with Gasteiger partial charge in [-0.3, -0.25) is 14.5 Å². The van der Waals surface area contributed by atoms with Gasteiger partial charge in [0.05, 0.1) is 0 Å². The second-order valence-electron chi connectivity index (χ2n) is 8.45. The summed E-state index contributed by atoms with van der Waals surface area (Å²) in [6, 6.07) is 3.60. The number of likely N-dealkylation sites (N-methyl/N-ethyl adjacent to an activating group) is 1. The number of hydrogen-bond acceptors (Lipinski definition) is 5. The zero-order chi connectivity index (χ0) is 20.4. The molecule has 3 aliphatic heterocycles. The summed E-state index contributed by atoms with van der Waals surface area (Å²) in [5.74, 6) is 0.438. The minimum Gasteiger partial charge on any atom is -0.357 e. The van der Waals surface area contributed by atoms with E-state index >= 15 is 0 Å². The number of benzene rings is 1. The van der Waals surface area contributed by atoms with Gasteiger partial charge < -0.3 is 20.3 Å². The molecule has 0 radical (unpaired) electrons. The number of nitrogens with one attached hydrogen (secondary N) is 2. The topological polar surface area (TPSA) is 81.8 Å². The van der Waals surface area contributed by atoms with Crippen LogP contribution in [0.2, 0.25) is 0 Å². The molecule has 1 saturated heterocycles. The van der Waals surface area contributed by atoms with E-state index in [9.17, 15) is 14.4 Å². The zero-order valence-electron chi connectivity index (χ0n) is 17.1. The fraction of sp³-hybridized carbons (Fsp3) is 0.591. The second-order valence-corrected chi connectivity index (χ2v) is 8.45. The number of piperidine rings is 1. The summed E-state index contributed by atoms with van der Waals surface area (Å²) >= 11 is 0. The number of hydrogen-bond donors (Lipinski definition) is 2. The van der Waals surface area contributed by atoms with Crippen LogP contribution in [0.3, 0.4) is 0 Å². The number of fused-ring (bicyclic) bond motifs is 2. The number of carbonyl (C=O) groups is 3. The lowest BCUT2D eigenvalue weighted by molar-refractivity contribution is -0.125. The Bertz CT molecular complexity index is 803. The fourth-order valence-corrected chi connectivity index (χ4v) is 4.94. The summed E-state index contributed by atoms with van der Waals surface area (Å²) in [7, 11) is 1.56. The lowest BCUT2D eigenvalue weighted by atomic mass is 9.98. The van der Waals surface area contributed by atoms with Gasteiger partial charge in [0.15, 0.2) is 0 Å². The van der Waals surface area contributed by atoms with E-state index in [0.29, 0.717) is 18.5 Å². The first-order valence-corrected chi connectivity index (χ1v) is 10.6. The molecule has 1 unspecified atom stereocenters. The summed E-state index contributed by atoms with van der Waals surface area (Å²) in [6.07, 6.45) is 3.89. The summed E-state index contributed by atoms with van der Waals surface area (Å²) in [5, 5.41) is 6.05. The van der Waals surface area contributed by atoms with Crippen LogP contribution in [0.1, 0.15) is 52.7 Å². The Morgan fingerprint density at radius 2 is 1.93 bits per heavy atom. The van der Waals surface area contributed by atoms with Crippen molar-refractivity contribution in [1.82, 2.24) is 20.4 Å². The van der Waals surface area contributed by atoms with Gasteiger partial charge in [-0.2, -0.15) is 0 Å². The summed E-state index contributed by atoms with van der Waals surface area (Å²) < 4.78 is 0. The third kappa shape index (κ3) is 4.07. The number of aldehydes is 1. The molecule has 0 saturated carbocycles. The second kappa shape index (κ2) is 8.63. The van der Waals surface area contributed by atoms with Crippen molar-refractivity contribution in [2.24, 2.45) is 5.92 Å². The highest BCUT2D eigenvalue weighted by Gasteiger charge is 2.37. The van der Waals surface area contributed by atoms with Crippen LogP contribution in [-0.2, 0) is 29.2 Å². The first kappa shape index (κ1) is 20.0. The average molecular weight is 399 g/mol. The van der Waals surface area contributed by atoms with Crippen molar-refractivity contribution in [2.45, 2.75) is 51.4 Å². The van der Waals surface area contributed by atoms with Gasteiger partial charge in [0, 0.05) is 45.2 Å². The van der Waals surface area contributed by atoms with Crippen LogP contribution in [-0.4, -0.2) is 60.6 Å². The van der Waals surface area contributed by atoms with Gasteiger partial charge in [0.1, 0.15) is 12.3 Å². The first-order chi connectivity index (χ1) is 14.1. The highest BCUT2D eigenvalue weighted by atomic mass is 16.2. The van der Waals surface area contributed by atoms with Crippen LogP contribution in [0.4, 0.5) is 0 Å². The molecule has 156 valence electrons. The lowest BCUT2D eigenvalue weighted by Crippen LogP contribution is -2.46. The van der Waals surface area contributed by atoms with Crippen molar-refractivity contribution >= 4 is 18.1 Å². The molecule has 0 spiro atoms. The van der Waals surface area contributed by atoms with Crippen molar-refractivity contribution < 1.29 is 14.4 Å². The Labute approximate surface area is 171 Å². The van der Waals surface area contributed by atoms with Crippen LogP contribution in [0.5, 0.6) is 0 Å². The largest absolute Gasteiger partial charge is 0.357 e. The molecule has 0 aromatic heterocycles. The Morgan fingerprint density at radius 1 is 1.21 bits per heavy atom. The number of carbonyl (C=O) groups excluding carboxylic acids is 3. The molecule has 29 heavy (non-hydrogen) atoms. The zero-order valence-corrected chi connectivity index (χ0v) is 17.1. The van der Waals surface area contributed by atoms with Crippen molar-refractivity contribution in [2.75, 3.05) is 26.7 Å². The molecule has 2 amide bonds. The van der Waals surface area contributed by atoms with Gasteiger partial charge in [-0.05, 0) is 61.0 Å². The van der Waals surface area contributed by atoms with E-state index < -0.39 is 6.04 Å². The van der Waals surface area contributed by atoms with Crippen molar-refractivity contribution in [3.05, 3.63) is 34.4 Å². The van der Waals surface area contributed by atoms with Gasteiger partial charge in [0.25, 0.3) is 5.91 Å². The summed E-state index contributed by atoms with van der Waals surface area (Å²) in [6.45, 7) is 5.61. The van der Waals surface area contributed by atoms with E-state index in [0.717, 1.165) is 50.5 Å². The minimum atomic E-state index is -0.601. The number of rotatable bonds is 7. The molecule has 0 aliphatic carbocycles. The molecule has 3 aliphatic rings. The number of nitrogens with zero attached hydrogens (tertiary/aromatic N) is 2. The van der Waals surface area contributed by atoms with Gasteiger partial charge in [0.2, 0.25) is 5.91 Å². The molecule has 3 heterocycles. The quantitative estimate of drug-likeness (QED) is 0.671. The molecule has 7 nitrogen and oxygen atoms in total. The maximum absolute atomic E-state index is 13.1. The first-order valence-electron chi connectivity index (χ1n) is 10.6. The Morgan fingerprint density at radius 3 is 2.62 bits per heavy atom. The summed E-state index contributed by atoms with van der Waals surface area (Å²) in [5.41, 5.74) is 4.25. The van der Waals surface area contributed by atoms with Crippen molar-refractivity contribution in [3.63, 3.8) is 0 Å². The number of amides is 2. The molecule has 1 aromatic carbocycles. The van der Waals surface area contributed by atoms with Crippen molar-refractivity contribution in [1.29, 1.82) is 0 Å². The van der Waals surface area contributed by atoms with E-state index in [4.69, 9.17) is 0 Å². The Kier molecular flexibility index (Phi) is 5.96. The Hall–Kier alpha value is -2.25. The third-order valence-corrected chi connectivity index (χ3v) is 6.50. The van der Waals surface area contributed by atoms with E-state index in [2.05, 4.69) is 21.6 Å². The van der Waals surface area contributed by atoms with E-state index in [-0.39, 0.29) is 18.2 Å². The Balaban J connectivity index is 1.47. The molecule has 4 rings (SSSR count). The maximum Gasteiger partial charge on any atom is 0.255 e. The van der Waals surface area contributed by atoms with Crippen LogP contribution >= 0.6 is 0 Å². The predicted molar refractivity (Wildman–Crippen MR) is 109 cm³/mol. The van der Waals surface area contributed by atoms with Crippen molar-refractivity contribution in [3.8, 4) is 0 Å². The van der Waals surface area contributed by atoms with E-state index in [1.54, 1.807) is 11.9 Å². The molecule has 0 bridgehead atoms. The smallest absolute Gasteiger partial charge is 0.255 e. The normalized spacial score (nSPS) is 20.4. The average Bonchev–Trinajstić information content (AvgIpc) is 3.27. The molecule has 2 N–H and O–H groups in total. The lowest BCUT2D eigenvalue weighted by Gasteiger charge is -2.27. The van der Waals surface area contributed by atoms with Gasteiger partial charge in [-0.15, -0.1) is 0 Å². The third-order valence-electron chi connectivity index (χ3n) is 6.50.